The molecule has 0 spiro atoms. The summed E-state index contributed by atoms with van der Waals surface area (Å²) in [4.78, 5) is 0. The van der Waals surface area contributed by atoms with Gasteiger partial charge in [0.1, 0.15) is 5.75 Å². The second-order valence-electron chi connectivity index (χ2n) is 5.16. The van der Waals surface area contributed by atoms with Crippen LogP contribution in [0.4, 0.5) is 0 Å². The maximum atomic E-state index is 8.63. The lowest BCUT2D eigenvalue weighted by Crippen LogP contribution is -1.80. The molecule has 0 aromatic heterocycles. The van der Waals surface area contributed by atoms with Crippen LogP contribution in [0.15, 0.2) is 30.3 Å². The lowest BCUT2D eigenvalue weighted by molar-refractivity contribution is 0.475. The standard InChI is InChI=1S/C12H26.C6H6O/c1-3-5-7-9-11-12-10-8-6-4-2;7-6-4-2-1-3-5-6/h3-12H2,1-2H3;1-5,7H. The summed E-state index contributed by atoms with van der Waals surface area (Å²) in [5.41, 5.74) is 0. The van der Waals surface area contributed by atoms with E-state index in [1.54, 1.807) is 24.3 Å². The molecule has 0 heterocycles. The van der Waals surface area contributed by atoms with Crippen molar-refractivity contribution >= 4 is 0 Å². The van der Waals surface area contributed by atoms with Crippen molar-refractivity contribution in [3.8, 4) is 5.75 Å². The minimum atomic E-state index is 0.322. The van der Waals surface area contributed by atoms with Gasteiger partial charge in [-0.05, 0) is 12.1 Å². The lowest BCUT2D eigenvalue weighted by Gasteiger charge is -1.99. The summed E-state index contributed by atoms with van der Waals surface area (Å²) < 4.78 is 0. The van der Waals surface area contributed by atoms with E-state index in [-0.39, 0.29) is 0 Å². The van der Waals surface area contributed by atoms with E-state index in [1.807, 2.05) is 6.07 Å². The van der Waals surface area contributed by atoms with Gasteiger partial charge in [-0.25, -0.2) is 0 Å². The zero-order valence-corrected chi connectivity index (χ0v) is 12.9. The molecule has 0 amide bonds. The zero-order chi connectivity index (χ0) is 14.2. The van der Waals surface area contributed by atoms with Crippen molar-refractivity contribution in [1.82, 2.24) is 0 Å². The Labute approximate surface area is 120 Å². The molecule has 0 saturated carbocycles. The third-order valence-corrected chi connectivity index (χ3v) is 3.21. The van der Waals surface area contributed by atoms with Crippen molar-refractivity contribution < 1.29 is 5.11 Å². The van der Waals surface area contributed by atoms with Gasteiger partial charge in [-0.1, -0.05) is 96.3 Å². The van der Waals surface area contributed by atoms with Gasteiger partial charge >= 0.3 is 0 Å². The van der Waals surface area contributed by atoms with E-state index in [0.717, 1.165) is 0 Å². The number of phenols is 1. The minimum absolute atomic E-state index is 0.322. The normalized spacial score (nSPS) is 9.79. The predicted molar refractivity (Wildman–Crippen MR) is 85.6 cm³/mol. The number of hydrogen-bond donors (Lipinski definition) is 1. The Morgan fingerprint density at radius 1 is 0.632 bits per heavy atom. The van der Waals surface area contributed by atoms with Gasteiger partial charge in [0.2, 0.25) is 0 Å². The third-order valence-electron chi connectivity index (χ3n) is 3.21. The quantitative estimate of drug-likeness (QED) is 0.517. The van der Waals surface area contributed by atoms with Crippen LogP contribution in [0.3, 0.4) is 0 Å². The van der Waals surface area contributed by atoms with E-state index in [0.29, 0.717) is 5.75 Å². The number of benzene rings is 1. The molecule has 1 rings (SSSR count). The van der Waals surface area contributed by atoms with Gasteiger partial charge in [-0.3, -0.25) is 0 Å². The van der Waals surface area contributed by atoms with E-state index in [4.69, 9.17) is 5.11 Å². The van der Waals surface area contributed by atoms with Gasteiger partial charge in [0.05, 0.1) is 0 Å². The van der Waals surface area contributed by atoms with E-state index in [9.17, 15) is 0 Å². The zero-order valence-electron chi connectivity index (χ0n) is 12.9. The Kier molecular flexibility index (Phi) is 14.3. The van der Waals surface area contributed by atoms with Crippen LogP contribution in [-0.2, 0) is 0 Å². The predicted octanol–water partition coefficient (Wildman–Crippen LogP) is 6.32. The van der Waals surface area contributed by atoms with Crippen molar-refractivity contribution in [3.63, 3.8) is 0 Å². The molecular weight excluding hydrogens is 232 g/mol. The number of rotatable bonds is 9. The minimum Gasteiger partial charge on any atom is -0.508 e. The van der Waals surface area contributed by atoms with Crippen LogP contribution in [-0.4, -0.2) is 5.11 Å². The fourth-order valence-electron chi connectivity index (χ4n) is 1.99. The van der Waals surface area contributed by atoms with Gasteiger partial charge in [0.15, 0.2) is 0 Å². The largest absolute Gasteiger partial charge is 0.508 e. The summed E-state index contributed by atoms with van der Waals surface area (Å²) in [6.45, 7) is 4.56. The molecule has 0 radical (unpaired) electrons. The molecule has 0 saturated heterocycles. The van der Waals surface area contributed by atoms with Crippen molar-refractivity contribution in [1.29, 1.82) is 0 Å². The van der Waals surface area contributed by atoms with Gasteiger partial charge in [0.25, 0.3) is 0 Å². The summed E-state index contributed by atoms with van der Waals surface area (Å²) in [6, 6.07) is 8.71. The van der Waals surface area contributed by atoms with Crippen LogP contribution in [0, 0.1) is 0 Å². The summed E-state index contributed by atoms with van der Waals surface area (Å²) >= 11 is 0. The van der Waals surface area contributed by atoms with Crippen LogP contribution >= 0.6 is 0 Å². The van der Waals surface area contributed by atoms with Gasteiger partial charge in [-0.2, -0.15) is 0 Å². The fourth-order valence-corrected chi connectivity index (χ4v) is 1.99. The Bertz CT molecular complexity index is 246. The first-order valence-corrected chi connectivity index (χ1v) is 8.05. The highest BCUT2D eigenvalue weighted by molar-refractivity contribution is 5.18. The second-order valence-corrected chi connectivity index (χ2v) is 5.16. The molecule has 0 aliphatic heterocycles. The fraction of sp³-hybridized carbons (Fsp3) is 0.667. The maximum Gasteiger partial charge on any atom is 0.115 e. The molecule has 1 aromatic carbocycles. The highest BCUT2D eigenvalue weighted by Crippen LogP contribution is 2.09. The van der Waals surface area contributed by atoms with Crippen LogP contribution < -0.4 is 0 Å². The topological polar surface area (TPSA) is 20.2 Å². The molecular formula is C18H32O. The van der Waals surface area contributed by atoms with Gasteiger partial charge in [0, 0.05) is 0 Å². The summed E-state index contributed by atoms with van der Waals surface area (Å²) in [7, 11) is 0. The monoisotopic (exact) mass is 264 g/mol. The smallest absolute Gasteiger partial charge is 0.115 e. The average molecular weight is 264 g/mol. The lowest BCUT2D eigenvalue weighted by atomic mass is 10.1. The number of phenolic OH excluding ortho intramolecular Hbond substituents is 1. The van der Waals surface area contributed by atoms with Gasteiger partial charge in [-0.15, -0.1) is 0 Å². The van der Waals surface area contributed by atoms with Crippen LogP contribution in [0.1, 0.15) is 78.1 Å². The number of unbranched alkanes of at least 4 members (excludes halogenated alkanes) is 9. The molecule has 1 heteroatoms. The number of aromatic hydroxyl groups is 1. The molecule has 0 aliphatic carbocycles. The van der Waals surface area contributed by atoms with E-state index < -0.39 is 0 Å². The van der Waals surface area contributed by atoms with Crippen molar-refractivity contribution in [2.45, 2.75) is 78.1 Å². The Morgan fingerprint density at radius 2 is 1.00 bits per heavy atom. The number of hydrogen-bond acceptors (Lipinski definition) is 1. The number of para-hydroxylation sites is 1. The van der Waals surface area contributed by atoms with E-state index >= 15 is 0 Å². The van der Waals surface area contributed by atoms with Crippen molar-refractivity contribution in [2.75, 3.05) is 0 Å². The Balaban J connectivity index is 0.000000388. The van der Waals surface area contributed by atoms with Gasteiger partial charge < -0.3 is 5.11 Å². The first-order chi connectivity index (χ1) is 9.31. The van der Waals surface area contributed by atoms with Crippen LogP contribution in [0.2, 0.25) is 0 Å². The maximum absolute atomic E-state index is 8.63. The van der Waals surface area contributed by atoms with E-state index in [1.165, 1.54) is 64.2 Å². The third kappa shape index (κ3) is 15.0. The van der Waals surface area contributed by atoms with Crippen LogP contribution in [0.25, 0.3) is 0 Å². The highest BCUT2D eigenvalue weighted by Gasteiger charge is 1.90. The Hall–Kier alpha value is -0.980. The summed E-state index contributed by atoms with van der Waals surface area (Å²) in [6.07, 6.45) is 14.4. The highest BCUT2D eigenvalue weighted by atomic mass is 16.3. The molecule has 19 heavy (non-hydrogen) atoms. The molecule has 0 bridgehead atoms. The van der Waals surface area contributed by atoms with E-state index in [2.05, 4.69) is 13.8 Å². The molecule has 0 fully saturated rings. The SMILES string of the molecule is CCCCCCCCCCCC.Oc1ccccc1. The molecule has 1 N–H and O–H groups in total. The molecule has 0 unspecified atom stereocenters. The van der Waals surface area contributed by atoms with Crippen molar-refractivity contribution in [2.24, 2.45) is 0 Å². The summed E-state index contributed by atoms with van der Waals surface area (Å²) in [5.74, 6) is 0.322. The Morgan fingerprint density at radius 3 is 1.26 bits per heavy atom. The molecule has 1 aromatic rings. The average Bonchev–Trinajstić information content (AvgIpc) is 2.43. The summed E-state index contributed by atoms with van der Waals surface area (Å²) in [5, 5.41) is 8.63. The molecule has 0 aliphatic rings. The first-order valence-electron chi connectivity index (χ1n) is 8.05. The molecule has 110 valence electrons. The van der Waals surface area contributed by atoms with Crippen LogP contribution in [0.5, 0.6) is 5.75 Å². The second kappa shape index (κ2) is 15.1. The van der Waals surface area contributed by atoms with Crippen molar-refractivity contribution in [3.05, 3.63) is 30.3 Å². The molecule has 0 atom stereocenters. The molecule has 1 nitrogen and oxygen atoms in total. The first kappa shape index (κ1) is 18.0.